The molecule has 0 saturated carbocycles. The van der Waals surface area contributed by atoms with Crippen LogP contribution in [-0.4, -0.2) is 22.9 Å². The average Bonchev–Trinajstić information content (AvgIpc) is 2.30. The van der Waals surface area contributed by atoms with Gasteiger partial charge in [0.05, 0.1) is 4.92 Å². The Morgan fingerprint density at radius 3 is 2.58 bits per heavy atom. The summed E-state index contributed by atoms with van der Waals surface area (Å²) >= 11 is 3.49. The lowest BCUT2D eigenvalue weighted by molar-refractivity contribution is -0.384. The van der Waals surface area contributed by atoms with Crippen molar-refractivity contribution in [1.29, 1.82) is 0 Å². The molecule has 1 aromatic carbocycles. The average molecular weight is 327 g/mol. The minimum Gasteiger partial charge on any atom is -0.299 e. The first-order chi connectivity index (χ1) is 8.95. The van der Waals surface area contributed by atoms with Gasteiger partial charge in [-0.05, 0) is 29.9 Å². The van der Waals surface area contributed by atoms with E-state index >= 15 is 0 Å². The van der Waals surface area contributed by atoms with E-state index in [0.29, 0.717) is 11.8 Å². The number of nitro benzene ring substituents is 1. The third-order valence-electron chi connectivity index (χ3n) is 3.58. The molecule has 0 aromatic heterocycles. The van der Waals surface area contributed by atoms with Crippen LogP contribution in [0.4, 0.5) is 5.69 Å². The van der Waals surface area contributed by atoms with Crippen molar-refractivity contribution in [3.8, 4) is 0 Å². The fourth-order valence-electron chi connectivity index (χ4n) is 2.96. The summed E-state index contributed by atoms with van der Waals surface area (Å²) in [6.07, 6.45) is 1.27. The van der Waals surface area contributed by atoms with Crippen molar-refractivity contribution in [2.45, 2.75) is 26.8 Å². The van der Waals surface area contributed by atoms with E-state index in [1.54, 1.807) is 12.1 Å². The van der Waals surface area contributed by atoms with Gasteiger partial charge in [-0.2, -0.15) is 0 Å². The number of benzene rings is 1. The van der Waals surface area contributed by atoms with Crippen molar-refractivity contribution in [3.05, 3.63) is 38.3 Å². The lowest BCUT2D eigenvalue weighted by atomic mass is 9.91. The summed E-state index contributed by atoms with van der Waals surface area (Å²) in [6, 6.07) is 4.98. The molecular formula is C14H19BrN2O2. The fourth-order valence-corrected chi connectivity index (χ4v) is 3.33. The van der Waals surface area contributed by atoms with E-state index in [0.717, 1.165) is 29.7 Å². The van der Waals surface area contributed by atoms with Gasteiger partial charge in [-0.1, -0.05) is 29.8 Å². The summed E-state index contributed by atoms with van der Waals surface area (Å²) in [6.45, 7) is 7.45. The van der Waals surface area contributed by atoms with Crippen LogP contribution >= 0.6 is 15.9 Å². The smallest absolute Gasteiger partial charge is 0.269 e. The summed E-state index contributed by atoms with van der Waals surface area (Å²) in [5.41, 5.74) is 1.16. The minimum absolute atomic E-state index is 0.163. The van der Waals surface area contributed by atoms with Gasteiger partial charge in [-0.15, -0.1) is 0 Å². The second kappa shape index (κ2) is 6.01. The molecule has 104 valence electrons. The predicted octanol–water partition coefficient (Wildman–Crippen LogP) is 3.84. The summed E-state index contributed by atoms with van der Waals surface area (Å²) in [4.78, 5) is 12.9. The van der Waals surface area contributed by atoms with Gasteiger partial charge >= 0.3 is 0 Å². The van der Waals surface area contributed by atoms with Crippen molar-refractivity contribution in [2.24, 2.45) is 11.8 Å². The van der Waals surface area contributed by atoms with Crippen LogP contribution in [0, 0.1) is 22.0 Å². The van der Waals surface area contributed by atoms with E-state index in [9.17, 15) is 10.1 Å². The molecule has 1 fully saturated rings. The quantitative estimate of drug-likeness (QED) is 0.626. The summed E-state index contributed by atoms with van der Waals surface area (Å²) in [5.74, 6) is 1.39. The number of piperidine rings is 1. The van der Waals surface area contributed by atoms with Crippen molar-refractivity contribution >= 4 is 21.6 Å². The lowest BCUT2D eigenvalue weighted by Crippen LogP contribution is -2.38. The number of rotatable bonds is 3. The first-order valence-electron chi connectivity index (χ1n) is 6.61. The Labute approximate surface area is 122 Å². The normalized spacial score (nSPS) is 24.4. The highest BCUT2D eigenvalue weighted by atomic mass is 79.9. The zero-order valence-corrected chi connectivity index (χ0v) is 12.9. The molecule has 19 heavy (non-hydrogen) atoms. The molecule has 5 heteroatoms. The highest BCUT2D eigenvalue weighted by Gasteiger charge is 2.22. The summed E-state index contributed by atoms with van der Waals surface area (Å²) in [7, 11) is 0. The molecule has 0 aliphatic carbocycles. The van der Waals surface area contributed by atoms with Crippen molar-refractivity contribution < 1.29 is 4.92 Å². The van der Waals surface area contributed by atoms with Gasteiger partial charge in [0.25, 0.3) is 5.69 Å². The van der Waals surface area contributed by atoms with Crippen LogP contribution in [0.2, 0.25) is 0 Å². The monoisotopic (exact) mass is 326 g/mol. The lowest BCUT2D eigenvalue weighted by Gasteiger charge is -2.35. The van der Waals surface area contributed by atoms with Crippen LogP contribution < -0.4 is 0 Å². The molecule has 4 nitrogen and oxygen atoms in total. The topological polar surface area (TPSA) is 46.4 Å². The number of nitro groups is 1. The molecule has 1 aliphatic heterocycles. The van der Waals surface area contributed by atoms with Gasteiger partial charge in [0.1, 0.15) is 0 Å². The number of nitrogens with zero attached hydrogens (tertiary/aromatic N) is 2. The van der Waals surface area contributed by atoms with Crippen LogP contribution in [0.5, 0.6) is 0 Å². The van der Waals surface area contributed by atoms with Crippen LogP contribution in [-0.2, 0) is 6.54 Å². The SMILES string of the molecule is CC1CC(C)CN(Cc2cc([N+](=O)[O-])ccc2Br)C1. The molecule has 1 aromatic rings. The third-order valence-corrected chi connectivity index (χ3v) is 4.35. The van der Waals surface area contributed by atoms with Crippen molar-refractivity contribution in [2.75, 3.05) is 13.1 Å². The number of hydrogen-bond acceptors (Lipinski definition) is 3. The number of hydrogen-bond donors (Lipinski definition) is 0. The van der Waals surface area contributed by atoms with Crippen LogP contribution in [0.15, 0.2) is 22.7 Å². The second-order valence-electron chi connectivity index (χ2n) is 5.67. The number of likely N-dealkylation sites (tertiary alicyclic amines) is 1. The van der Waals surface area contributed by atoms with Gasteiger partial charge in [0.2, 0.25) is 0 Å². The number of halogens is 1. The van der Waals surface area contributed by atoms with E-state index in [2.05, 4.69) is 34.7 Å². The van der Waals surface area contributed by atoms with E-state index in [1.807, 2.05) is 0 Å². The molecule has 0 radical (unpaired) electrons. The predicted molar refractivity (Wildman–Crippen MR) is 79.0 cm³/mol. The van der Waals surface area contributed by atoms with E-state index in [1.165, 1.54) is 12.5 Å². The molecular weight excluding hydrogens is 308 g/mol. The molecule has 1 heterocycles. The maximum atomic E-state index is 10.8. The van der Waals surface area contributed by atoms with Gasteiger partial charge in [0.15, 0.2) is 0 Å². The number of non-ortho nitro benzene ring substituents is 1. The summed E-state index contributed by atoms with van der Waals surface area (Å²) < 4.78 is 0.948. The van der Waals surface area contributed by atoms with Crippen LogP contribution in [0.1, 0.15) is 25.8 Å². The van der Waals surface area contributed by atoms with Crippen LogP contribution in [0.3, 0.4) is 0 Å². The second-order valence-corrected chi connectivity index (χ2v) is 6.53. The van der Waals surface area contributed by atoms with E-state index < -0.39 is 0 Å². The van der Waals surface area contributed by atoms with Gasteiger partial charge in [-0.25, -0.2) is 0 Å². The Balaban J connectivity index is 2.13. The minimum atomic E-state index is -0.336. The maximum Gasteiger partial charge on any atom is 0.269 e. The zero-order chi connectivity index (χ0) is 14.0. The molecule has 2 unspecified atom stereocenters. The van der Waals surface area contributed by atoms with Gasteiger partial charge < -0.3 is 0 Å². The highest BCUT2D eigenvalue weighted by molar-refractivity contribution is 9.10. The molecule has 0 spiro atoms. The van der Waals surface area contributed by atoms with E-state index in [-0.39, 0.29) is 10.6 Å². The first kappa shape index (κ1) is 14.5. The Hall–Kier alpha value is -0.940. The largest absolute Gasteiger partial charge is 0.299 e. The molecule has 2 rings (SSSR count). The Kier molecular flexibility index (Phi) is 4.58. The molecule has 2 atom stereocenters. The van der Waals surface area contributed by atoms with Crippen LogP contribution in [0.25, 0.3) is 0 Å². The molecule has 1 aliphatic rings. The summed E-state index contributed by atoms with van der Waals surface area (Å²) in [5, 5.41) is 10.8. The van der Waals surface area contributed by atoms with Crippen molar-refractivity contribution in [3.63, 3.8) is 0 Å². The molecule has 0 bridgehead atoms. The van der Waals surface area contributed by atoms with E-state index in [4.69, 9.17) is 0 Å². The van der Waals surface area contributed by atoms with Gasteiger partial charge in [-0.3, -0.25) is 15.0 Å². The molecule has 0 N–H and O–H groups in total. The standard InChI is InChI=1S/C14H19BrN2O2/c1-10-5-11(2)8-16(7-10)9-12-6-13(17(18)19)3-4-14(12)15/h3-4,6,10-11H,5,7-9H2,1-2H3. The Bertz CT molecular complexity index is 469. The first-order valence-corrected chi connectivity index (χ1v) is 7.40. The maximum absolute atomic E-state index is 10.8. The fraction of sp³-hybridized carbons (Fsp3) is 0.571. The Morgan fingerprint density at radius 1 is 1.37 bits per heavy atom. The van der Waals surface area contributed by atoms with Gasteiger partial charge in [0, 0.05) is 36.2 Å². The molecule has 1 saturated heterocycles. The highest BCUT2D eigenvalue weighted by Crippen LogP contribution is 2.27. The Morgan fingerprint density at radius 2 is 2.00 bits per heavy atom. The molecule has 0 amide bonds. The third kappa shape index (κ3) is 3.76. The zero-order valence-electron chi connectivity index (χ0n) is 11.3. The van der Waals surface area contributed by atoms with Crippen molar-refractivity contribution in [1.82, 2.24) is 4.90 Å².